The quantitative estimate of drug-likeness (QED) is 0.716. The molecule has 3 N–H and O–H groups in total. The number of carbonyl (C=O) groups is 1. The van der Waals surface area contributed by atoms with E-state index in [4.69, 9.17) is 5.73 Å². The van der Waals surface area contributed by atoms with Gasteiger partial charge in [0.1, 0.15) is 0 Å². The minimum absolute atomic E-state index is 0. The van der Waals surface area contributed by atoms with Gasteiger partial charge in [-0.15, -0.1) is 12.4 Å². The molecule has 0 aromatic heterocycles. The second kappa shape index (κ2) is 10.6. The van der Waals surface area contributed by atoms with E-state index in [-0.39, 0.29) is 24.4 Å². The van der Waals surface area contributed by atoms with Crippen molar-refractivity contribution in [3.63, 3.8) is 0 Å². The maximum atomic E-state index is 11.7. The summed E-state index contributed by atoms with van der Waals surface area (Å²) < 4.78 is 0. The Kier molecular flexibility index (Phi) is 11.8. The molecule has 0 aliphatic carbocycles. The molecule has 0 saturated heterocycles. The van der Waals surface area contributed by atoms with E-state index in [1.54, 1.807) is 0 Å². The van der Waals surface area contributed by atoms with Crippen LogP contribution in [0.5, 0.6) is 0 Å². The molecule has 0 aliphatic heterocycles. The molecule has 3 nitrogen and oxygen atoms in total. The second-order valence-corrected chi connectivity index (χ2v) is 6.06. The van der Waals surface area contributed by atoms with Crippen molar-refractivity contribution in [1.29, 1.82) is 0 Å². The van der Waals surface area contributed by atoms with Crippen LogP contribution in [0, 0.1) is 5.41 Å². The van der Waals surface area contributed by atoms with E-state index in [1.165, 1.54) is 0 Å². The Labute approximate surface area is 119 Å². The predicted octanol–water partition coefficient (Wildman–Crippen LogP) is 3.26. The van der Waals surface area contributed by atoms with Crippen LogP contribution in [0.4, 0.5) is 0 Å². The fraction of sp³-hybridized carbons (Fsp3) is 0.929. The van der Waals surface area contributed by atoms with Gasteiger partial charge in [0.2, 0.25) is 5.91 Å². The third kappa shape index (κ3) is 12.2. The summed E-state index contributed by atoms with van der Waals surface area (Å²) in [4.78, 5) is 11.7. The molecular weight excluding hydrogens is 248 g/mol. The summed E-state index contributed by atoms with van der Waals surface area (Å²) in [6.45, 7) is 9.31. The highest BCUT2D eigenvalue weighted by molar-refractivity contribution is 5.85. The van der Waals surface area contributed by atoms with E-state index in [0.717, 1.165) is 32.1 Å². The maximum Gasteiger partial charge on any atom is 0.220 e. The molecule has 0 fully saturated rings. The van der Waals surface area contributed by atoms with E-state index in [2.05, 4.69) is 33.0 Å². The van der Waals surface area contributed by atoms with Gasteiger partial charge in [-0.1, -0.05) is 40.5 Å². The van der Waals surface area contributed by atoms with Crippen molar-refractivity contribution < 1.29 is 4.79 Å². The number of rotatable bonds is 8. The molecule has 0 aliphatic rings. The molecule has 0 heterocycles. The molecule has 0 aromatic carbocycles. The van der Waals surface area contributed by atoms with Gasteiger partial charge < -0.3 is 11.1 Å². The molecule has 0 rings (SSSR count). The van der Waals surface area contributed by atoms with Crippen LogP contribution in [0.15, 0.2) is 0 Å². The molecule has 0 spiro atoms. The van der Waals surface area contributed by atoms with Crippen LogP contribution in [0.2, 0.25) is 0 Å². The van der Waals surface area contributed by atoms with E-state index in [9.17, 15) is 4.79 Å². The van der Waals surface area contributed by atoms with Crippen LogP contribution < -0.4 is 11.1 Å². The standard InChI is InChI=1S/C14H30N2O.ClH/c1-5-6-8-12(11-15)16-13(17)9-7-10-14(2,3)4;/h12H,5-11,15H2,1-4H3,(H,16,17);1H. The topological polar surface area (TPSA) is 55.1 Å². The number of carbonyl (C=O) groups excluding carboxylic acids is 1. The Balaban J connectivity index is 0. The van der Waals surface area contributed by atoms with Crippen molar-refractivity contribution in [2.45, 2.75) is 72.3 Å². The summed E-state index contributed by atoms with van der Waals surface area (Å²) in [6, 6.07) is 0.164. The lowest BCUT2D eigenvalue weighted by molar-refractivity contribution is -0.122. The monoisotopic (exact) mass is 278 g/mol. The van der Waals surface area contributed by atoms with E-state index >= 15 is 0 Å². The molecule has 1 unspecified atom stereocenters. The number of nitrogens with one attached hydrogen (secondary N) is 1. The molecule has 0 radical (unpaired) electrons. The highest BCUT2D eigenvalue weighted by Gasteiger charge is 2.13. The van der Waals surface area contributed by atoms with Gasteiger partial charge >= 0.3 is 0 Å². The molecule has 1 atom stereocenters. The molecule has 1 amide bonds. The Morgan fingerprint density at radius 1 is 1.28 bits per heavy atom. The third-order valence-corrected chi connectivity index (χ3v) is 2.89. The van der Waals surface area contributed by atoms with Crippen LogP contribution in [0.25, 0.3) is 0 Å². The SMILES string of the molecule is CCCCC(CN)NC(=O)CCCC(C)(C)C.Cl. The summed E-state index contributed by atoms with van der Waals surface area (Å²) in [5.41, 5.74) is 5.96. The van der Waals surface area contributed by atoms with Gasteiger partial charge in [0.15, 0.2) is 0 Å². The van der Waals surface area contributed by atoms with Gasteiger partial charge in [0.25, 0.3) is 0 Å². The number of hydrogen-bond donors (Lipinski definition) is 2. The third-order valence-electron chi connectivity index (χ3n) is 2.89. The molecule has 0 aromatic rings. The zero-order valence-electron chi connectivity index (χ0n) is 12.4. The summed E-state index contributed by atoms with van der Waals surface area (Å²) in [6.07, 6.45) is 5.95. The van der Waals surface area contributed by atoms with Gasteiger partial charge in [0.05, 0.1) is 0 Å². The van der Waals surface area contributed by atoms with Gasteiger partial charge in [-0.3, -0.25) is 4.79 Å². The van der Waals surface area contributed by atoms with Crippen LogP contribution in [0.3, 0.4) is 0 Å². The first-order valence-electron chi connectivity index (χ1n) is 6.88. The molecule has 110 valence electrons. The van der Waals surface area contributed by atoms with Crippen LogP contribution in [-0.4, -0.2) is 18.5 Å². The van der Waals surface area contributed by atoms with Crippen molar-refractivity contribution in [2.75, 3.05) is 6.54 Å². The Morgan fingerprint density at radius 3 is 2.33 bits per heavy atom. The highest BCUT2D eigenvalue weighted by atomic mass is 35.5. The van der Waals surface area contributed by atoms with E-state index in [1.807, 2.05) is 0 Å². The summed E-state index contributed by atoms with van der Waals surface area (Å²) in [5.74, 6) is 0.154. The van der Waals surface area contributed by atoms with Crippen LogP contribution in [-0.2, 0) is 4.79 Å². The van der Waals surface area contributed by atoms with Gasteiger partial charge in [-0.2, -0.15) is 0 Å². The van der Waals surface area contributed by atoms with Crippen molar-refractivity contribution in [2.24, 2.45) is 11.1 Å². The first-order valence-corrected chi connectivity index (χ1v) is 6.88. The lowest BCUT2D eigenvalue weighted by Gasteiger charge is -2.19. The van der Waals surface area contributed by atoms with Gasteiger partial charge in [0, 0.05) is 19.0 Å². The second-order valence-electron chi connectivity index (χ2n) is 6.06. The minimum Gasteiger partial charge on any atom is -0.352 e. The lowest BCUT2D eigenvalue weighted by Crippen LogP contribution is -2.40. The smallest absolute Gasteiger partial charge is 0.220 e. The van der Waals surface area contributed by atoms with E-state index < -0.39 is 0 Å². The number of amides is 1. The number of nitrogens with two attached hydrogens (primary N) is 1. The molecule has 0 saturated carbocycles. The molecule has 4 heteroatoms. The Hall–Kier alpha value is -0.280. The first kappa shape index (κ1) is 20.0. The highest BCUT2D eigenvalue weighted by Crippen LogP contribution is 2.21. The maximum absolute atomic E-state index is 11.7. The van der Waals surface area contributed by atoms with Crippen molar-refractivity contribution in [1.82, 2.24) is 5.32 Å². The Morgan fingerprint density at radius 2 is 1.89 bits per heavy atom. The van der Waals surface area contributed by atoms with Gasteiger partial charge in [-0.25, -0.2) is 0 Å². The molecular formula is C14H31ClN2O. The minimum atomic E-state index is 0. The summed E-state index contributed by atoms with van der Waals surface area (Å²) >= 11 is 0. The lowest BCUT2D eigenvalue weighted by atomic mass is 9.90. The average Bonchev–Trinajstić information content (AvgIpc) is 2.22. The fourth-order valence-electron chi connectivity index (χ4n) is 1.78. The number of halogens is 1. The van der Waals surface area contributed by atoms with Crippen LogP contribution in [0.1, 0.15) is 66.2 Å². The van der Waals surface area contributed by atoms with Crippen LogP contribution >= 0.6 is 12.4 Å². The Bertz CT molecular complexity index is 214. The predicted molar refractivity (Wildman–Crippen MR) is 81.1 cm³/mol. The van der Waals surface area contributed by atoms with Gasteiger partial charge in [-0.05, 0) is 24.7 Å². The van der Waals surface area contributed by atoms with Crippen molar-refractivity contribution in [3.8, 4) is 0 Å². The molecule has 0 bridgehead atoms. The summed E-state index contributed by atoms with van der Waals surface area (Å²) in [7, 11) is 0. The zero-order valence-corrected chi connectivity index (χ0v) is 13.2. The number of unbranched alkanes of at least 4 members (excludes halogenated alkanes) is 1. The van der Waals surface area contributed by atoms with Crippen molar-refractivity contribution >= 4 is 18.3 Å². The largest absolute Gasteiger partial charge is 0.352 e. The summed E-state index contributed by atoms with van der Waals surface area (Å²) in [5, 5.41) is 3.02. The number of hydrogen-bond acceptors (Lipinski definition) is 2. The van der Waals surface area contributed by atoms with E-state index in [0.29, 0.717) is 18.4 Å². The molecule has 18 heavy (non-hydrogen) atoms. The first-order chi connectivity index (χ1) is 7.89. The van der Waals surface area contributed by atoms with Crippen molar-refractivity contribution in [3.05, 3.63) is 0 Å². The zero-order chi connectivity index (χ0) is 13.3. The average molecular weight is 279 g/mol. The normalized spacial score (nSPS) is 12.7. The fourth-order valence-corrected chi connectivity index (χ4v) is 1.78.